The summed E-state index contributed by atoms with van der Waals surface area (Å²) in [4.78, 5) is 0. The van der Waals surface area contributed by atoms with Crippen LogP contribution in [0.4, 0.5) is 0 Å². The first kappa shape index (κ1) is 16.7. The molecule has 108 valence electrons. The van der Waals surface area contributed by atoms with E-state index in [9.17, 15) is 4.21 Å². The van der Waals surface area contributed by atoms with Gasteiger partial charge in [0.25, 0.3) is 0 Å². The maximum Gasteiger partial charge on any atom is 0.0970 e. The lowest BCUT2D eigenvalue weighted by Gasteiger charge is -2.22. The van der Waals surface area contributed by atoms with Crippen molar-refractivity contribution in [1.29, 1.82) is 0 Å². The van der Waals surface area contributed by atoms with Gasteiger partial charge in [0.1, 0.15) is 0 Å². The van der Waals surface area contributed by atoms with Crippen molar-refractivity contribution in [2.75, 3.05) is 12.4 Å². The van der Waals surface area contributed by atoms with Crippen molar-refractivity contribution in [3.8, 4) is 0 Å². The van der Waals surface area contributed by atoms with E-state index in [2.05, 4.69) is 16.9 Å². The van der Waals surface area contributed by atoms with E-state index in [4.69, 9.17) is 11.6 Å². The molecule has 0 bridgehead atoms. The Hall–Kier alpha value is -0.380. The van der Waals surface area contributed by atoms with Gasteiger partial charge in [0.2, 0.25) is 0 Å². The maximum atomic E-state index is 12.0. The fraction of sp³-hybridized carbons (Fsp3) is 0.600. The highest BCUT2D eigenvalue weighted by atomic mass is 35.5. The Morgan fingerprint density at radius 2 is 1.89 bits per heavy atom. The Kier molecular flexibility index (Phi) is 7.05. The Balaban J connectivity index is 2.63. The van der Waals surface area contributed by atoms with Crippen molar-refractivity contribution < 1.29 is 4.21 Å². The van der Waals surface area contributed by atoms with Crippen LogP contribution in [0.1, 0.15) is 45.1 Å². The summed E-state index contributed by atoms with van der Waals surface area (Å²) in [7, 11) is -1.02. The number of alkyl halides is 1. The summed E-state index contributed by atoms with van der Waals surface area (Å²) < 4.78 is 15.0. The molecule has 0 unspecified atom stereocenters. The van der Waals surface area contributed by atoms with Gasteiger partial charge in [0, 0.05) is 12.4 Å². The topological polar surface area (TPSA) is 29.1 Å². The van der Waals surface area contributed by atoms with E-state index >= 15 is 0 Å². The Morgan fingerprint density at radius 1 is 1.26 bits per heavy atom. The molecule has 2 atom stereocenters. The molecule has 0 aliphatic carbocycles. The van der Waals surface area contributed by atoms with Gasteiger partial charge in [-0.15, -0.1) is 11.6 Å². The lowest BCUT2D eigenvalue weighted by Crippen LogP contribution is -2.35. The van der Waals surface area contributed by atoms with E-state index in [0.29, 0.717) is 11.8 Å². The van der Waals surface area contributed by atoms with Gasteiger partial charge in [-0.05, 0) is 45.1 Å². The van der Waals surface area contributed by atoms with Crippen LogP contribution in [-0.4, -0.2) is 21.4 Å². The van der Waals surface area contributed by atoms with Crippen molar-refractivity contribution >= 4 is 22.6 Å². The van der Waals surface area contributed by atoms with E-state index < -0.39 is 11.0 Å². The predicted molar refractivity (Wildman–Crippen MR) is 85.0 cm³/mol. The number of nitrogens with one attached hydrogen (secondary N) is 1. The van der Waals surface area contributed by atoms with Gasteiger partial charge in [-0.25, -0.2) is 8.93 Å². The Morgan fingerprint density at radius 3 is 2.42 bits per heavy atom. The molecule has 1 rings (SSSR count). The van der Waals surface area contributed by atoms with Crippen molar-refractivity contribution in [1.82, 2.24) is 4.72 Å². The van der Waals surface area contributed by atoms with Crippen molar-refractivity contribution in [3.05, 3.63) is 35.9 Å². The van der Waals surface area contributed by atoms with Crippen LogP contribution in [0.3, 0.4) is 0 Å². The highest BCUT2D eigenvalue weighted by Gasteiger charge is 2.20. The lowest BCUT2D eigenvalue weighted by molar-refractivity contribution is 0.585. The predicted octanol–water partition coefficient (Wildman–Crippen LogP) is 3.84. The van der Waals surface area contributed by atoms with E-state index in [0.717, 1.165) is 19.4 Å². The molecule has 19 heavy (non-hydrogen) atoms. The molecule has 0 aliphatic heterocycles. The zero-order chi connectivity index (χ0) is 14.3. The van der Waals surface area contributed by atoms with Gasteiger partial charge in [-0.1, -0.05) is 30.3 Å². The number of halogens is 1. The van der Waals surface area contributed by atoms with Crippen LogP contribution in [0.5, 0.6) is 0 Å². The van der Waals surface area contributed by atoms with E-state index in [1.165, 1.54) is 5.56 Å². The molecule has 0 heterocycles. The average molecular weight is 302 g/mol. The molecule has 1 aromatic rings. The molecule has 0 spiro atoms. The van der Waals surface area contributed by atoms with Gasteiger partial charge in [-0.3, -0.25) is 0 Å². The third-order valence-electron chi connectivity index (χ3n) is 2.97. The van der Waals surface area contributed by atoms with Crippen molar-refractivity contribution in [2.45, 2.75) is 44.3 Å². The second kappa shape index (κ2) is 8.03. The summed E-state index contributed by atoms with van der Waals surface area (Å²) in [5.74, 6) is 1.04. The van der Waals surface area contributed by atoms with Crippen LogP contribution in [0.2, 0.25) is 0 Å². The molecule has 0 fully saturated rings. The molecule has 0 amide bonds. The smallest absolute Gasteiger partial charge is 0.0970 e. The van der Waals surface area contributed by atoms with E-state index in [-0.39, 0.29) is 4.75 Å². The van der Waals surface area contributed by atoms with Crippen LogP contribution in [0, 0.1) is 0 Å². The number of hydrogen-bond donors (Lipinski definition) is 1. The zero-order valence-electron chi connectivity index (χ0n) is 12.0. The second-order valence-corrected chi connectivity index (χ2v) is 8.10. The fourth-order valence-electron chi connectivity index (χ4n) is 1.83. The van der Waals surface area contributed by atoms with Crippen molar-refractivity contribution in [3.63, 3.8) is 0 Å². The van der Waals surface area contributed by atoms with Crippen LogP contribution < -0.4 is 4.72 Å². The third kappa shape index (κ3) is 6.07. The first-order chi connectivity index (χ1) is 8.95. The van der Waals surface area contributed by atoms with E-state index in [1.54, 1.807) is 0 Å². The lowest BCUT2D eigenvalue weighted by atomic mass is 9.95. The van der Waals surface area contributed by atoms with Gasteiger partial charge >= 0.3 is 0 Å². The molecule has 4 heteroatoms. The molecule has 0 aromatic heterocycles. The minimum absolute atomic E-state index is 0.228. The van der Waals surface area contributed by atoms with Crippen LogP contribution in [0.25, 0.3) is 0 Å². The van der Waals surface area contributed by atoms with Crippen molar-refractivity contribution in [2.24, 2.45) is 0 Å². The molecule has 1 N–H and O–H groups in total. The Labute approximate surface area is 124 Å². The minimum atomic E-state index is -1.02. The summed E-state index contributed by atoms with van der Waals surface area (Å²) >= 11 is 5.79. The molecular weight excluding hydrogens is 278 g/mol. The first-order valence-corrected chi connectivity index (χ1v) is 8.40. The monoisotopic (exact) mass is 301 g/mol. The molecule has 2 nitrogen and oxygen atoms in total. The Bertz CT molecular complexity index is 389. The van der Waals surface area contributed by atoms with Crippen LogP contribution >= 0.6 is 11.6 Å². The van der Waals surface area contributed by atoms with Gasteiger partial charge in [0.15, 0.2) is 0 Å². The average Bonchev–Trinajstić information content (AvgIpc) is 2.38. The highest BCUT2D eigenvalue weighted by Crippen LogP contribution is 2.21. The molecule has 1 aromatic carbocycles. The largest absolute Gasteiger partial charge is 0.242 e. The normalized spacial score (nSPS) is 15.2. The minimum Gasteiger partial charge on any atom is -0.242 e. The maximum absolute atomic E-state index is 12.0. The van der Waals surface area contributed by atoms with Gasteiger partial charge < -0.3 is 0 Å². The van der Waals surface area contributed by atoms with E-state index in [1.807, 2.05) is 39.0 Å². The zero-order valence-corrected chi connectivity index (χ0v) is 13.6. The standard InChI is InChI=1S/C15H24ClNOS/c1-15(2,3)19(18)17-12-14(10-7-11-16)13-8-5-4-6-9-13/h4-6,8-9,14,17H,7,10-12H2,1-3H3/t14-,19-/m1/s1. The molecule has 0 saturated heterocycles. The quantitative estimate of drug-likeness (QED) is 0.762. The van der Waals surface area contributed by atoms with Gasteiger partial charge in [-0.2, -0.15) is 0 Å². The highest BCUT2D eigenvalue weighted by molar-refractivity contribution is 7.84. The number of rotatable bonds is 7. The SMILES string of the molecule is CC(C)(C)[S@@](=O)NC[C@@H](CCCCl)c1ccccc1. The first-order valence-electron chi connectivity index (χ1n) is 6.71. The fourth-order valence-corrected chi connectivity index (χ4v) is 2.77. The van der Waals surface area contributed by atoms with Crippen LogP contribution in [-0.2, 0) is 11.0 Å². The van der Waals surface area contributed by atoms with Crippen LogP contribution in [0.15, 0.2) is 30.3 Å². The van der Waals surface area contributed by atoms with Gasteiger partial charge in [0.05, 0.1) is 15.7 Å². The third-order valence-corrected chi connectivity index (χ3v) is 4.78. The molecule has 0 aliphatic rings. The molecule has 0 saturated carbocycles. The summed E-state index contributed by atoms with van der Waals surface area (Å²) in [5.41, 5.74) is 1.28. The summed E-state index contributed by atoms with van der Waals surface area (Å²) in [6.07, 6.45) is 1.99. The summed E-state index contributed by atoms with van der Waals surface area (Å²) in [6, 6.07) is 10.4. The number of hydrogen-bond acceptors (Lipinski definition) is 1. The second-order valence-electron chi connectivity index (χ2n) is 5.67. The number of benzene rings is 1. The summed E-state index contributed by atoms with van der Waals surface area (Å²) in [5, 5.41) is 0. The molecule has 0 radical (unpaired) electrons. The molecular formula is C15H24ClNOS. The summed E-state index contributed by atoms with van der Waals surface area (Å²) in [6.45, 7) is 6.66.